The second-order valence-corrected chi connectivity index (χ2v) is 6.53. The van der Waals surface area contributed by atoms with Gasteiger partial charge in [-0.25, -0.2) is 9.97 Å². The van der Waals surface area contributed by atoms with E-state index in [1.165, 1.54) is 0 Å². The molecular formula is C14H21BrN4O. The van der Waals surface area contributed by atoms with Gasteiger partial charge in [-0.15, -0.1) is 0 Å². The molecule has 1 amide bonds. The zero-order chi connectivity index (χ0) is 14.7. The minimum atomic E-state index is -0.317. The fourth-order valence-electron chi connectivity index (χ4n) is 1.78. The Morgan fingerprint density at radius 3 is 2.70 bits per heavy atom. The molecule has 1 aliphatic rings. The summed E-state index contributed by atoms with van der Waals surface area (Å²) >= 11 is 3.39. The van der Waals surface area contributed by atoms with Crippen molar-refractivity contribution in [1.82, 2.24) is 15.3 Å². The van der Waals surface area contributed by atoms with Crippen LogP contribution in [-0.4, -0.2) is 28.5 Å². The first-order valence-electron chi connectivity index (χ1n) is 7.04. The molecule has 1 atom stereocenters. The standard InChI is InChI=1S/C14H21BrN4O/c1-8(2)7-16-14(20)9(3)17-12-6-11(15)18-13(19-12)10-4-5-10/h6,8-10H,4-5,7H2,1-3H3,(H,16,20)(H,17,18,19). The van der Waals surface area contributed by atoms with E-state index >= 15 is 0 Å². The minimum Gasteiger partial charge on any atom is -0.358 e. The van der Waals surface area contributed by atoms with Crippen molar-refractivity contribution in [2.45, 2.75) is 45.6 Å². The van der Waals surface area contributed by atoms with Gasteiger partial charge in [0.15, 0.2) is 0 Å². The van der Waals surface area contributed by atoms with Gasteiger partial charge in [0.05, 0.1) is 0 Å². The molecule has 1 aliphatic carbocycles. The molecule has 0 saturated heterocycles. The predicted octanol–water partition coefficient (Wildman–Crippen LogP) is 2.69. The molecule has 1 heterocycles. The molecule has 6 heteroatoms. The summed E-state index contributed by atoms with van der Waals surface area (Å²) in [5.41, 5.74) is 0. The average Bonchev–Trinajstić information content (AvgIpc) is 3.19. The van der Waals surface area contributed by atoms with Crippen LogP contribution in [0.3, 0.4) is 0 Å². The molecule has 1 unspecified atom stereocenters. The first-order chi connectivity index (χ1) is 9.45. The lowest BCUT2D eigenvalue weighted by molar-refractivity contribution is -0.121. The van der Waals surface area contributed by atoms with E-state index < -0.39 is 0 Å². The zero-order valence-corrected chi connectivity index (χ0v) is 13.7. The number of amides is 1. The molecule has 5 nitrogen and oxygen atoms in total. The number of carbonyl (C=O) groups excluding carboxylic acids is 1. The van der Waals surface area contributed by atoms with Crippen molar-refractivity contribution in [3.05, 3.63) is 16.5 Å². The number of nitrogens with one attached hydrogen (secondary N) is 2. The highest BCUT2D eigenvalue weighted by Crippen LogP contribution is 2.38. The van der Waals surface area contributed by atoms with Gasteiger partial charge in [-0.3, -0.25) is 4.79 Å². The Morgan fingerprint density at radius 1 is 1.40 bits per heavy atom. The lowest BCUT2D eigenvalue weighted by atomic mass is 10.2. The zero-order valence-electron chi connectivity index (χ0n) is 12.1. The fourth-order valence-corrected chi connectivity index (χ4v) is 2.18. The van der Waals surface area contributed by atoms with E-state index in [1.54, 1.807) is 6.07 Å². The van der Waals surface area contributed by atoms with Gasteiger partial charge >= 0.3 is 0 Å². The molecule has 0 bridgehead atoms. The van der Waals surface area contributed by atoms with Gasteiger partial charge in [-0.1, -0.05) is 13.8 Å². The molecule has 1 fully saturated rings. The van der Waals surface area contributed by atoms with Crippen LogP contribution in [0.4, 0.5) is 5.82 Å². The molecule has 0 radical (unpaired) electrons. The van der Waals surface area contributed by atoms with Crippen molar-refractivity contribution in [2.24, 2.45) is 5.92 Å². The van der Waals surface area contributed by atoms with Crippen molar-refractivity contribution in [3.63, 3.8) is 0 Å². The second-order valence-electron chi connectivity index (χ2n) is 5.71. The number of hydrogen-bond acceptors (Lipinski definition) is 4. The van der Waals surface area contributed by atoms with E-state index in [0.717, 1.165) is 23.3 Å². The molecule has 1 aromatic rings. The summed E-state index contributed by atoms with van der Waals surface area (Å²) < 4.78 is 0.756. The molecule has 110 valence electrons. The van der Waals surface area contributed by atoms with Crippen LogP contribution >= 0.6 is 15.9 Å². The number of nitrogens with zero attached hydrogens (tertiary/aromatic N) is 2. The van der Waals surface area contributed by atoms with E-state index in [2.05, 4.69) is 50.4 Å². The first kappa shape index (κ1) is 15.2. The van der Waals surface area contributed by atoms with Crippen molar-refractivity contribution >= 4 is 27.7 Å². The molecular weight excluding hydrogens is 320 g/mol. The fraction of sp³-hybridized carbons (Fsp3) is 0.643. The number of anilines is 1. The summed E-state index contributed by atoms with van der Waals surface area (Å²) in [6, 6.07) is 1.49. The van der Waals surface area contributed by atoms with Gasteiger partial charge < -0.3 is 10.6 Å². The number of halogens is 1. The summed E-state index contributed by atoms with van der Waals surface area (Å²) in [4.78, 5) is 20.8. The van der Waals surface area contributed by atoms with Gasteiger partial charge in [0.1, 0.15) is 22.3 Å². The van der Waals surface area contributed by atoms with Crippen LogP contribution < -0.4 is 10.6 Å². The van der Waals surface area contributed by atoms with Gasteiger partial charge in [0.25, 0.3) is 0 Å². The quantitative estimate of drug-likeness (QED) is 0.781. The topological polar surface area (TPSA) is 66.9 Å². The largest absolute Gasteiger partial charge is 0.358 e. The number of rotatable bonds is 6. The number of carbonyl (C=O) groups is 1. The van der Waals surface area contributed by atoms with Gasteiger partial charge in [0, 0.05) is 18.5 Å². The van der Waals surface area contributed by atoms with Crippen molar-refractivity contribution in [3.8, 4) is 0 Å². The summed E-state index contributed by atoms with van der Waals surface area (Å²) in [5.74, 6) is 2.47. The van der Waals surface area contributed by atoms with Crippen LogP contribution in [0, 0.1) is 5.92 Å². The third kappa shape index (κ3) is 4.44. The van der Waals surface area contributed by atoms with E-state index in [9.17, 15) is 4.79 Å². The van der Waals surface area contributed by atoms with Crippen LogP contribution in [0.1, 0.15) is 45.4 Å². The van der Waals surface area contributed by atoms with Gasteiger partial charge in [0.2, 0.25) is 5.91 Å². The van der Waals surface area contributed by atoms with Crippen LogP contribution in [0.15, 0.2) is 10.7 Å². The highest BCUT2D eigenvalue weighted by Gasteiger charge is 2.27. The predicted molar refractivity (Wildman–Crippen MR) is 82.6 cm³/mol. The lowest BCUT2D eigenvalue weighted by Gasteiger charge is -2.16. The van der Waals surface area contributed by atoms with E-state index in [4.69, 9.17) is 0 Å². The maximum Gasteiger partial charge on any atom is 0.242 e. The Hall–Kier alpha value is -1.17. The van der Waals surface area contributed by atoms with Crippen molar-refractivity contribution in [1.29, 1.82) is 0 Å². The SMILES string of the molecule is CC(C)CNC(=O)C(C)Nc1cc(Br)nc(C2CC2)n1. The molecule has 2 N–H and O–H groups in total. The van der Waals surface area contributed by atoms with E-state index in [0.29, 0.717) is 24.2 Å². The molecule has 0 aromatic carbocycles. The monoisotopic (exact) mass is 340 g/mol. The number of aromatic nitrogens is 2. The lowest BCUT2D eigenvalue weighted by Crippen LogP contribution is -2.39. The van der Waals surface area contributed by atoms with E-state index in [-0.39, 0.29) is 11.9 Å². The normalized spacial score (nSPS) is 16.1. The Kier molecular flexibility index (Phi) is 4.96. The number of hydrogen-bond donors (Lipinski definition) is 2. The highest BCUT2D eigenvalue weighted by molar-refractivity contribution is 9.10. The maximum atomic E-state index is 11.9. The molecule has 0 spiro atoms. The minimum absolute atomic E-state index is 0.0126. The molecule has 20 heavy (non-hydrogen) atoms. The van der Waals surface area contributed by atoms with Crippen LogP contribution in [-0.2, 0) is 4.79 Å². The van der Waals surface area contributed by atoms with Gasteiger partial charge in [-0.05, 0) is 41.6 Å². The third-order valence-electron chi connectivity index (χ3n) is 3.10. The summed E-state index contributed by atoms with van der Waals surface area (Å²) in [6.07, 6.45) is 2.31. The smallest absolute Gasteiger partial charge is 0.242 e. The molecule has 2 rings (SSSR count). The maximum absolute atomic E-state index is 11.9. The van der Waals surface area contributed by atoms with Crippen LogP contribution in [0.2, 0.25) is 0 Å². The van der Waals surface area contributed by atoms with Crippen molar-refractivity contribution in [2.75, 3.05) is 11.9 Å². The third-order valence-corrected chi connectivity index (χ3v) is 3.50. The molecule has 0 aliphatic heterocycles. The Labute approximate surface area is 128 Å². The average molecular weight is 341 g/mol. The molecule has 1 aromatic heterocycles. The first-order valence-corrected chi connectivity index (χ1v) is 7.83. The Bertz CT molecular complexity index is 488. The summed E-state index contributed by atoms with van der Waals surface area (Å²) in [6.45, 7) is 6.66. The van der Waals surface area contributed by atoms with Crippen LogP contribution in [0.25, 0.3) is 0 Å². The Morgan fingerprint density at radius 2 is 2.10 bits per heavy atom. The van der Waals surface area contributed by atoms with E-state index in [1.807, 2.05) is 6.92 Å². The summed E-state index contributed by atoms with van der Waals surface area (Å²) in [7, 11) is 0. The Balaban J connectivity index is 1.96. The highest BCUT2D eigenvalue weighted by atomic mass is 79.9. The van der Waals surface area contributed by atoms with Crippen LogP contribution in [0.5, 0.6) is 0 Å². The molecule has 1 saturated carbocycles. The van der Waals surface area contributed by atoms with Gasteiger partial charge in [-0.2, -0.15) is 0 Å². The second kappa shape index (κ2) is 6.52. The van der Waals surface area contributed by atoms with Crippen molar-refractivity contribution < 1.29 is 4.79 Å². The summed E-state index contributed by atoms with van der Waals surface area (Å²) in [5, 5.41) is 6.05.